The number of amides is 4. The van der Waals surface area contributed by atoms with Crippen molar-refractivity contribution in [3.8, 4) is 0 Å². The number of imide groups is 1. The van der Waals surface area contributed by atoms with Crippen molar-refractivity contribution in [1.82, 2.24) is 15.5 Å². The summed E-state index contributed by atoms with van der Waals surface area (Å²) >= 11 is 0. The summed E-state index contributed by atoms with van der Waals surface area (Å²) in [5, 5.41) is 14.7. The van der Waals surface area contributed by atoms with E-state index < -0.39 is 41.3 Å². The number of hydrogen-bond donors (Lipinski definition) is 2. The van der Waals surface area contributed by atoms with Crippen molar-refractivity contribution in [1.29, 1.82) is 0 Å². The minimum atomic E-state index is -5.00. The van der Waals surface area contributed by atoms with Crippen LogP contribution in [-0.2, 0) is 9.59 Å². The summed E-state index contributed by atoms with van der Waals surface area (Å²) in [7, 11) is 0. The van der Waals surface area contributed by atoms with Gasteiger partial charge in [-0.25, -0.2) is 0 Å². The van der Waals surface area contributed by atoms with E-state index in [9.17, 15) is 42.5 Å². The first-order chi connectivity index (χ1) is 13.0. The number of nitro benzene ring substituents is 1. The van der Waals surface area contributed by atoms with Crippen LogP contribution in [0.15, 0.2) is 18.2 Å². The van der Waals surface area contributed by atoms with Gasteiger partial charge in [0.25, 0.3) is 17.5 Å². The molecule has 13 heteroatoms. The molecule has 0 spiro atoms. The lowest BCUT2D eigenvalue weighted by Crippen LogP contribution is -2.41. The van der Waals surface area contributed by atoms with Gasteiger partial charge in [-0.3, -0.25) is 34.2 Å². The molecule has 0 aromatic heterocycles. The molecule has 1 aromatic rings. The zero-order valence-corrected chi connectivity index (χ0v) is 14.0. The van der Waals surface area contributed by atoms with E-state index in [1.807, 2.05) is 0 Å². The molecule has 0 unspecified atom stereocenters. The van der Waals surface area contributed by atoms with Crippen LogP contribution in [0.1, 0.15) is 27.1 Å². The first-order valence-corrected chi connectivity index (χ1v) is 7.78. The molecule has 0 fully saturated rings. The fraction of sp³-hybridized carbons (Fsp3) is 0.333. The smallest absolute Gasteiger partial charge is 0.354 e. The summed E-state index contributed by atoms with van der Waals surface area (Å²) in [6.45, 7) is -1.10. The highest BCUT2D eigenvalue weighted by molar-refractivity contribution is 6.22. The highest BCUT2D eigenvalue weighted by atomic mass is 19.4. The van der Waals surface area contributed by atoms with E-state index >= 15 is 0 Å². The number of nitrogens with zero attached hydrogens (tertiary/aromatic N) is 2. The Labute approximate surface area is 154 Å². The van der Waals surface area contributed by atoms with Gasteiger partial charge in [-0.15, -0.1) is 0 Å². The Balaban J connectivity index is 1.84. The first kappa shape index (κ1) is 20.8. The van der Waals surface area contributed by atoms with Gasteiger partial charge in [-0.2, -0.15) is 13.2 Å². The predicted octanol–water partition coefficient (Wildman–Crippen LogP) is 0.376. The van der Waals surface area contributed by atoms with E-state index in [1.54, 1.807) is 5.32 Å². The molecule has 1 aromatic carbocycles. The zero-order valence-electron chi connectivity index (χ0n) is 14.0. The van der Waals surface area contributed by atoms with Gasteiger partial charge in [0.15, 0.2) is 0 Å². The number of carbonyl (C=O) groups excluding carboxylic acids is 4. The van der Waals surface area contributed by atoms with Crippen molar-refractivity contribution in [2.45, 2.75) is 12.6 Å². The Morgan fingerprint density at radius 2 is 1.68 bits per heavy atom. The largest absolute Gasteiger partial charge is 0.471 e. The van der Waals surface area contributed by atoms with Crippen LogP contribution in [0.25, 0.3) is 0 Å². The van der Waals surface area contributed by atoms with E-state index in [2.05, 4.69) is 5.32 Å². The quantitative estimate of drug-likeness (QED) is 0.293. The third-order valence-corrected chi connectivity index (χ3v) is 3.69. The van der Waals surface area contributed by atoms with Gasteiger partial charge in [0.2, 0.25) is 5.91 Å². The second-order valence-electron chi connectivity index (χ2n) is 5.64. The van der Waals surface area contributed by atoms with Gasteiger partial charge in [0, 0.05) is 25.2 Å². The lowest BCUT2D eigenvalue weighted by Gasteiger charge is -2.13. The molecule has 10 nitrogen and oxygen atoms in total. The highest BCUT2D eigenvalue weighted by Crippen LogP contribution is 2.26. The fourth-order valence-electron chi connectivity index (χ4n) is 2.35. The van der Waals surface area contributed by atoms with Crippen molar-refractivity contribution in [3.63, 3.8) is 0 Å². The molecule has 2 N–H and O–H groups in total. The Bertz CT molecular complexity index is 855. The van der Waals surface area contributed by atoms with Crippen LogP contribution in [0.3, 0.4) is 0 Å². The van der Waals surface area contributed by atoms with Gasteiger partial charge in [0.05, 0.1) is 16.1 Å². The van der Waals surface area contributed by atoms with E-state index in [4.69, 9.17) is 0 Å². The number of halogens is 3. The third kappa shape index (κ3) is 4.61. The van der Waals surface area contributed by atoms with Crippen LogP contribution in [-0.4, -0.2) is 59.3 Å². The molecular weight excluding hydrogens is 389 g/mol. The predicted molar refractivity (Wildman–Crippen MR) is 85.2 cm³/mol. The molecule has 0 saturated carbocycles. The molecule has 4 amide bonds. The number of nitrogens with one attached hydrogen (secondary N) is 2. The van der Waals surface area contributed by atoms with E-state index in [1.165, 1.54) is 0 Å². The normalized spacial score (nSPS) is 13.3. The molecule has 0 saturated heterocycles. The highest BCUT2D eigenvalue weighted by Gasteiger charge is 2.38. The first-order valence-electron chi connectivity index (χ1n) is 7.78. The van der Waals surface area contributed by atoms with Crippen LogP contribution in [0.5, 0.6) is 0 Å². The SMILES string of the molecule is O=C(CN1C(=O)c2ccc([N+](=O)[O-])cc2C1=O)NCCCNC(=O)C(F)(F)F. The number of alkyl halides is 3. The average molecular weight is 402 g/mol. The minimum Gasteiger partial charge on any atom is -0.354 e. The molecule has 28 heavy (non-hydrogen) atoms. The topological polar surface area (TPSA) is 139 Å². The summed E-state index contributed by atoms with van der Waals surface area (Å²) in [5.74, 6) is -4.51. The second kappa shape index (κ2) is 8.02. The van der Waals surface area contributed by atoms with Crippen LogP contribution >= 0.6 is 0 Å². The number of carbonyl (C=O) groups is 4. The van der Waals surface area contributed by atoms with E-state index in [0.29, 0.717) is 4.90 Å². The molecule has 1 aliphatic rings. The Morgan fingerprint density at radius 1 is 1.07 bits per heavy atom. The fourth-order valence-corrected chi connectivity index (χ4v) is 2.35. The maximum absolute atomic E-state index is 12.2. The number of non-ortho nitro benzene ring substituents is 1. The molecule has 150 valence electrons. The average Bonchev–Trinajstić information content (AvgIpc) is 2.85. The summed E-state index contributed by atoms with van der Waals surface area (Å²) in [5.41, 5.74) is -0.646. The van der Waals surface area contributed by atoms with Crippen LogP contribution in [0.2, 0.25) is 0 Å². The molecule has 1 aliphatic heterocycles. The second-order valence-corrected chi connectivity index (χ2v) is 5.64. The van der Waals surface area contributed by atoms with Crippen LogP contribution in [0.4, 0.5) is 18.9 Å². The lowest BCUT2D eigenvalue weighted by atomic mass is 10.1. The summed E-state index contributed by atoms with van der Waals surface area (Å²) in [6, 6.07) is 3.12. The Hall–Kier alpha value is -3.51. The number of nitro groups is 1. The summed E-state index contributed by atoms with van der Waals surface area (Å²) in [4.78, 5) is 57.4. The molecule has 0 aliphatic carbocycles. The molecule has 0 radical (unpaired) electrons. The standard InChI is InChI=1S/C15H13F3N4O6/c16-15(17,18)14(26)20-5-1-4-19-11(23)7-21-12(24)9-3-2-8(22(27)28)6-10(9)13(21)25/h2-3,6H,1,4-5,7H2,(H,19,23)(H,20,26). The van der Waals surface area contributed by atoms with Crippen molar-refractivity contribution >= 4 is 29.3 Å². The van der Waals surface area contributed by atoms with Gasteiger partial charge in [-0.05, 0) is 12.5 Å². The van der Waals surface area contributed by atoms with Gasteiger partial charge in [-0.1, -0.05) is 0 Å². The van der Waals surface area contributed by atoms with Crippen molar-refractivity contribution in [3.05, 3.63) is 39.4 Å². The Kier molecular flexibility index (Phi) is 5.96. The zero-order chi connectivity index (χ0) is 21.1. The number of benzene rings is 1. The van der Waals surface area contributed by atoms with Gasteiger partial charge in [0.1, 0.15) is 6.54 Å². The molecular formula is C15H13F3N4O6. The van der Waals surface area contributed by atoms with E-state index in [-0.39, 0.29) is 36.3 Å². The molecule has 0 bridgehead atoms. The van der Waals surface area contributed by atoms with Crippen molar-refractivity contribution in [2.24, 2.45) is 0 Å². The van der Waals surface area contributed by atoms with Crippen molar-refractivity contribution < 1.29 is 37.3 Å². The monoisotopic (exact) mass is 402 g/mol. The maximum Gasteiger partial charge on any atom is 0.471 e. The number of rotatable bonds is 7. The van der Waals surface area contributed by atoms with Crippen LogP contribution < -0.4 is 10.6 Å². The van der Waals surface area contributed by atoms with Gasteiger partial charge >= 0.3 is 12.1 Å². The summed E-state index contributed by atoms with van der Waals surface area (Å²) in [6.07, 6.45) is -5.01. The van der Waals surface area contributed by atoms with Crippen molar-refractivity contribution in [2.75, 3.05) is 19.6 Å². The minimum absolute atomic E-state index is 0.0120. The van der Waals surface area contributed by atoms with Gasteiger partial charge < -0.3 is 10.6 Å². The lowest BCUT2D eigenvalue weighted by molar-refractivity contribution is -0.384. The molecule has 0 atom stereocenters. The third-order valence-electron chi connectivity index (χ3n) is 3.69. The van der Waals surface area contributed by atoms with E-state index in [0.717, 1.165) is 18.2 Å². The Morgan fingerprint density at radius 3 is 2.29 bits per heavy atom. The summed E-state index contributed by atoms with van der Waals surface area (Å²) < 4.78 is 35.9. The number of fused-ring (bicyclic) bond motifs is 1. The maximum atomic E-state index is 12.2. The number of hydrogen-bond acceptors (Lipinski definition) is 6. The van der Waals surface area contributed by atoms with Crippen LogP contribution in [0, 0.1) is 10.1 Å². The molecule has 1 heterocycles. The molecule has 2 rings (SSSR count).